The first kappa shape index (κ1) is 13.3. The highest BCUT2D eigenvalue weighted by Crippen LogP contribution is 2.56. The van der Waals surface area contributed by atoms with Crippen LogP contribution in [0.5, 0.6) is 0 Å². The molecule has 1 fully saturated rings. The molecule has 0 unspecified atom stereocenters. The van der Waals surface area contributed by atoms with E-state index < -0.39 is 17.3 Å². The Kier molecular flexibility index (Phi) is 3.91. The maximum Gasteiger partial charge on any atom is 0.308 e. The van der Waals surface area contributed by atoms with Crippen molar-refractivity contribution in [2.45, 2.75) is 32.6 Å². The molecular formula is C15H22O3. The van der Waals surface area contributed by atoms with E-state index in [0.29, 0.717) is 0 Å². The standard InChI is InChI=1S/C15H22O3/c1-2-3-4-5-8-15(10-16)12-7-6-11(9-12)13(15)14(17)18/h5-8,11-13,16H,2-4,9-10H2,1H3,(H,17,18)/b8-5-/t11-,12+,13+,15+/m0/s1. The summed E-state index contributed by atoms with van der Waals surface area (Å²) in [5.41, 5.74) is -0.570. The smallest absolute Gasteiger partial charge is 0.308 e. The Labute approximate surface area is 108 Å². The summed E-state index contributed by atoms with van der Waals surface area (Å²) in [6, 6.07) is 0. The van der Waals surface area contributed by atoms with Gasteiger partial charge in [0.2, 0.25) is 0 Å². The molecule has 2 N–H and O–H groups in total. The largest absolute Gasteiger partial charge is 0.481 e. The van der Waals surface area contributed by atoms with Gasteiger partial charge in [0, 0.05) is 5.41 Å². The van der Waals surface area contributed by atoms with Crippen LogP contribution in [-0.2, 0) is 4.79 Å². The van der Waals surface area contributed by atoms with E-state index in [9.17, 15) is 15.0 Å². The number of aliphatic hydroxyl groups excluding tert-OH is 1. The van der Waals surface area contributed by atoms with Crippen LogP contribution in [0, 0.1) is 23.2 Å². The van der Waals surface area contributed by atoms with E-state index in [0.717, 1.165) is 25.7 Å². The second kappa shape index (κ2) is 5.27. The summed E-state index contributed by atoms with van der Waals surface area (Å²) in [5.74, 6) is -0.960. The van der Waals surface area contributed by atoms with Crippen LogP contribution in [0.2, 0.25) is 0 Å². The summed E-state index contributed by atoms with van der Waals surface area (Å²) in [5, 5.41) is 19.2. The third-order valence-electron chi connectivity index (χ3n) is 4.51. The van der Waals surface area contributed by atoms with Gasteiger partial charge < -0.3 is 10.2 Å². The van der Waals surface area contributed by atoms with Crippen molar-refractivity contribution in [1.29, 1.82) is 0 Å². The van der Waals surface area contributed by atoms with E-state index in [1.54, 1.807) is 0 Å². The molecule has 0 aromatic carbocycles. The van der Waals surface area contributed by atoms with Crippen LogP contribution < -0.4 is 0 Å². The SMILES string of the molecule is CCCC/C=C\[C@@]1(CO)[C@@H]2C=C[C@@H](C2)[C@@H]1C(=O)O. The highest BCUT2D eigenvalue weighted by atomic mass is 16.4. The van der Waals surface area contributed by atoms with Crippen LogP contribution in [0.4, 0.5) is 0 Å². The number of aliphatic carboxylic acids is 1. The fourth-order valence-electron chi connectivity index (χ4n) is 3.54. The third-order valence-corrected chi connectivity index (χ3v) is 4.51. The number of carbonyl (C=O) groups is 1. The van der Waals surface area contributed by atoms with E-state index in [1.165, 1.54) is 0 Å². The Morgan fingerprint density at radius 3 is 2.89 bits per heavy atom. The lowest BCUT2D eigenvalue weighted by molar-refractivity contribution is -0.147. The molecule has 2 aliphatic carbocycles. The van der Waals surface area contributed by atoms with Gasteiger partial charge in [0.05, 0.1) is 12.5 Å². The van der Waals surface area contributed by atoms with E-state index in [1.807, 2.05) is 12.2 Å². The summed E-state index contributed by atoms with van der Waals surface area (Å²) in [4.78, 5) is 11.5. The first-order valence-electron chi connectivity index (χ1n) is 6.85. The summed E-state index contributed by atoms with van der Waals surface area (Å²) in [7, 11) is 0. The lowest BCUT2D eigenvalue weighted by Crippen LogP contribution is -2.40. The average Bonchev–Trinajstić information content (AvgIpc) is 2.93. The van der Waals surface area contributed by atoms with Gasteiger partial charge in [-0.2, -0.15) is 0 Å². The molecule has 0 aromatic heterocycles. The van der Waals surface area contributed by atoms with Crippen LogP contribution in [-0.4, -0.2) is 22.8 Å². The highest BCUT2D eigenvalue weighted by molar-refractivity contribution is 5.74. The van der Waals surface area contributed by atoms with Gasteiger partial charge in [-0.05, 0) is 24.7 Å². The second-order valence-corrected chi connectivity index (χ2v) is 5.52. The van der Waals surface area contributed by atoms with Gasteiger partial charge in [0.15, 0.2) is 0 Å². The minimum Gasteiger partial charge on any atom is -0.481 e. The molecule has 4 atom stereocenters. The Bertz CT molecular complexity index is 372. The van der Waals surface area contributed by atoms with Crippen LogP contribution >= 0.6 is 0 Å². The normalized spacial score (nSPS) is 37.8. The van der Waals surface area contributed by atoms with Gasteiger partial charge in [-0.1, -0.05) is 44.1 Å². The zero-order valence-corrected chi connectivity index (χ0v) is 10.9. The summed E-state index contributed by atoms with van der Waals surface area (Å²) < 4.78 is 0. The predicted octanol–water partition coefficient (Wildman–Crippen LogP) is 2.62. The average molecular weight is 250 g/mol. The zero-order chi connectivity index (χ0) is 13.2. The first-order valence-corrected chi connectivity index (χ1v) is 6.85. The van der Waals surface area contributed by atoms with E-state index in [-0.39, 0.29) is 18.4 Å². The zero-order valence-electron chi connectivity index (χ0n) is 10.9. The number of hydrogen-bond acceptors (Lipinski definition) is 2. The third kappa shape index (κ3) is 2.01. The molecule has 0 spiro atoms. The van der Waals surface area contributed by atoms with Crippen LogP contribution in [0.3, 0.4) is 0 Å². The van der Waals surface area contributed by atoms with Crippen molar-refractivity contribution in [3.63, 3.8) is 0 Å². The molecule has 1 saturated carbocycles. The summed E-state index contributed by atoms with van der Waals surface area (Å²) in [6.45, 7) is 2.06. The van der Waals surface area contributed by atoms with E-state index >= 15 is 0 Å². The minimum absolute atomic E-state index is 0.0713. The van der Waals surface area contributed by atoms with E-state index in [4.69, 9.17) is 0 Å². The number of rotatable bonds is 6. The van der Waals surface area contributed by atoms with Crippen molar-refractivity contribution in [3.8, 4) is 0 Å². The number of aliphatic hydroxyl groups is 1. The van der Waals surface area contributed by atoms with Crippen LogP contribution in [0.15, 0.2) is 24.3 Å². The molecule has 3 heteroatoms. The molecule has 0 heterocycles. The number of unbranched alkanes of at least 4 members (excludes halogenated alkanes) is 2. The lowest BCUT2D eigenvalue weighted by atomic mass is 9.68. The lowest BCUT2D eigenvalue weighted by Gasteiger charge is -2.35. The molecule has 2 aliphatic rings. The van der Waals surface area contributed by atoms with Gasteiger partial charge in [0.1, 0.15) is 0 Å². The maximum atomic E-state index is 11.5. The number of allylic oxidation sites excluding steroid dienone is 3. The predicted molar refractivity (Wildman–Crippen MR) is 70.0 cm³/mol. The Morgan fingerprint density at radius 2 is 2.28 bits per heavy atom. The first-order chi connectivity index (χ1) is 8.65. The molecule has 0 aliphatic heterocycles. The monoisotopic (exact) mass is 250 g/mol. The van der Waals surface area contributed by atoms with Crippen molar-refractivity contribution < 1.29 is 15.0 Å². The van der Waals surface area contributed by atoms with Gasteiger partial charge in [-0.25, -0.2) is 0 Å². The minimum atomic E-state index is -0.777. The summed E-state index contributed by atoms with van der Waals surface area (Å²) >= 11 is 0. The van der Waals surface area contributed by atoms with Gasteiger partial charge in [0.25, 0.3) is 0 Å². The quantitative estimate of drug-likeness (QED) is 0.563. The molecule has 0 radical (unpaired) electrons. The van der Waals surface area contributed by atoms with Crippen LogP contribution in [0.1, 0.15) is 32.6 Å². The molecule has 100 valence electrons. The van der Waals surface area contributed by atoms with Crippen molar-refractivity contribution >= 4 is 5.97 Å². The van der Waals surface area contributed by atoms with Gasteiger partial charge >= 0.3 is 5.97 Å². The molecular weight excluding hydrogens is 228 g/mol. The number of fused-ring (bicyclic) bond motifs is 2. The van der Waals surface area contributed by atoms with Crippen molar-refractivity contribution in [2.24, 2.45) is 23.2 Å². The molecule has 2 bridgehead atoms. The number of carboxylic acid groups (broad SMARTS) is 1. The van der Waals surface area contributed by atoms with Crippen molar-refractivity contribution in [3.05, 3.63) is 24.3 Å². The van der Waals surface area contributed by atoms with Crippen LogP contribution in [0.25, 0.3) is 0 Å². The fraction of sp³-hybridized carbons (Fsp3) is 0.667. The second-order valence-electron chi connectivity index (χ2n) is 5.52. The highest BCUT2D eigenvalue weighted by Gasteiger charge is 2.57. The number of hydrogen-bond donors (Lipinski definition) is 2. The topological polar surface area (TPSA) is 57.5 Å². The van der Waals surface area contributed by atoms with Gasteiger partial charge in [-0.15, -0.1) is 0 Å². The summed E-state index contributed by atoms with van der Waals surface area (Å²) in [6.07, 6.45) is 12.2. The van der Waals surface area contributed by atoms with Gasteiger partial charge in [-0.3, -0.25) is 4.79 Å². The Balaban J connectivity index is 2.21. The number of carboxylic acids is 1. The Hall–Kier alpha value is -1.09. The van der Waals surface area contributed by atoms with E-state index in [2.05, 4.69) is 19.1 Å². The Morgan fingerprint density at radius 1 is 1.50 bits per heavy atom. The fourth-order valence-corrected chi connectivity index (χ4v) is 3.54. The molecule has 18 heavy (non-hydrogen) atoms. The van der Waals surface area contributed by atoms with Crippen molar-refractivity contribution in [2.75, 3.05) is 6.61 Å². The molecule has 0 aromatic rings. The molecule has 0 amide bonds. The molecule has 2 rings (SSSR count). The maximum absolute atomic E-state index is 11.5. The van der Waals surface area contributed by atoms with Crippen molar-refractivity contribution in [1.82, 2.24) is 0 Å². The molecule has 0 saturated heterocycles. The molecule has 3 nitrogen and oxygen atoms in total.